The van der Waals surface area contributed by atoms with E-state index in [1.54, 1.807) is 4.57 Å². The first-order valence-electron chi connectivity index (χ1n) is 2.73. The van der Waals surface area contributed by atoms with Gasteiger partial charge in [0.1, 0.15) is 12.7 Å². The third-order valence-electron chi connectivity index (χ3n) is 0.975. The Labute approximate surface area is 66.4 Å². The second-order valence-electron chi connectivity index (χ2n) is 1.81. The predicted molar refractivity (Wildman–Crippen MR) is 38.8 cm³/mol. The Bertz CT molecular complexity index is 209. The van der Waals surface area contributed by atoms with Gasteiger partial charge in [0.2, 0.25) is 0 Å². The van der Waals surface area contributed by atoms with Crippen LogP contribution in [0, 0.1) is 0 Å². The summed E-state index contributed by atoms with van der Waals surface area (Å²) in [5.41, 5.74) is 0. The van der Waals surface area contributed by atoms with E-state index in [0.717, 1.165) is 0 Å². The summed E-state index contributed by atoms with van der Waals surface area (Å²) in [4.78, 5) is 10.8. The van der Waals surface area contributed by atoms with Gasteiger partial charge >= 0.3 is 0 Å². The standard InChI is InChI=1S/C5H6BrN3O/c6-1-5(10)2-9-3-7-8-4-9/h3-4H,1-2H2. The van der Waals surface area contributed by atoms with E-state index in [2.05, 4.69) is 26.1 Å². The summed E-state index contributed by atoms with van der Waals surface area (Å²) in [7, 11) is 0. The Kier molecular flexibility index (Phi) is 2.56. The highest BCUT2D eigenvalue weighted by Crippen LogP contribution is 1.87. The quantitative estimate of drug-likeness (QED) is 0.662. The number of halogens is 1. The number of carbonyl (C=O) groups is 1. The van der Waals surface area contributed by atoms with Crippen molar-refractivity contribution in [1.29, 1.82) is 0 Å². The van der Waals surface area contributed by atoms with E-state index >= 15 is 0 Å². The van der Waals surface area contributed by atoms with Crippen molar-refractivity contribution >= 4 is 21.7 Å². The number of ketones is 1. The lowest BCUT2D eigenvalue weighted by Gasteiger charge is -1.94. The van der Waals surface area contributed by atoms with Crippen molar-refractivity contribution in [3.8, 4) is 0 Å². The fourth-order valence-corrected chi connectivity index (χ4v) is 0.727. The van der Waals surface area contributed by atoms with Gasteiger partial charge in [0.25, 0.3) is 0 Å². The molecule has 0 aromatic carbocycles. The maximum atomic E-state index is 10.8. The molecule has 4 nitrogen and oxygen atoms in total. The molecule has 0 amide bonds. The van der Waals surface area contributed by atoms with Gasteiger partial charge in [-0.2, -0.15) is 0 Å². The first-order chi connectivity index (χ1) is 4.83. The number of carbonyl (C=O) groups excluding carboxylic acids is 1. The van der Waals surface area contributed by atoms with Crippen LogP contribution in [-0.4, -0.2) is 25.9 Å². The van der Waals surface area contributed by atoms with Crippen LogP contribution in [0.15, 0.2) is 12.7 Å². The van der Waals surface area contributed by atoms with Crippen molar-refractivity contribution in [3.05, 3.63) is 12.7 Å². The number of nitrogens with zero attached hydrogens (tertiary/aromatic N) is 3. The summed E-state index contributed by atoms with van der Waals surface area (Å²) in [6.07, 6.45) is 3.03. The molecule has 0 unspecified atom stereocenters. The fourth-order valence-electron chi connectivity index (χ4n) is 0.550. The highest BCUT2D eigenvalue weighted by molar-refractivity contribution is 9.09. The second kappa shape index (κ2) is 3.46. The van der Waals surface area contributed by atoms with Crippen molar-refractivity contribution in [1.82, 2.24) is 14.8 Å². The molecule has 1 aromatic heterocycles. The number of alkyl halides is 1. The van der Waals surface area contributed by atoms with Crippen molar-refractivity contribution in [2.45, 2.75) is 6.54 Å². The van der Waals surface area contributed by atoms with Gasteiger partial charge < -0.3 is 4.57 Å². The molecule has 1 aromatic rings. The summed E-state index contributed by atoms with van der Waals surface area (Å²) in [6.45, 7) is 0.345. The summed E-state index contributed by atoms with van der Waals surface area (Å²) in [5, 5.41) is 7.49. The Morgan fingerprint density at radius 1 is 1.50 bits per heavy atom. The van der Waals surface area contributed by atoms with E-state index in [9.17, 15) is 4.79 Å². The number of rotatable bonds is 3. The first-order valence-corrected chi connectivity index (χ1v) is 3.85. The van der Waals surface area contributed by atoms with Gasteiger partial charge in [0.15, 0.2) is 5.78 Å². The molecule has 0 aliphatic carbocycles. The molecule has 0 aliphatic heterocycles. The zero-order valence-corrected chi connectivity index (χ0v) is 6.78. The minimum absolute atomic E-state index is 0.111. The van der Waals surface area contributed by atoms with Crippen LogP contribution >= 0.6 is 15.9 Å². The van der Waals surface area contributed by atoms with Gasteiger partial charge in [-0.1, -0.05) is 15.9 Å². The third kappa shape index (κ3) is 1.91. The van der Waals surface area contributed by atoms with Crippen LogP contribution in [0.4, 0.5) is 0 Å². The monoisotopic (exact) mass is 203 g/mol. The molecule has 0 radical (unpaired) electrons. The van der Waals surface area contributed by atoms with Gasteiger partial charge in [-0.3, -0.25) is 4.79 Å². The molecular formula is C5H6BrN3O. The smallest absolute Gasteiger partial charge is 0.163 e. The number of hydrogen-bond donors (Lipinski definition) is 0. The van der Waals surface area contributed by atoms with E-state index in [1.165, 1.54) is 12.7 Å². The Morgan fingerprint density at radius 3 is 2.60 bits per heavy atom. The van der Waals surface area contributed by atoms with Crippen LogP contribution in [0.1, 0.15) is 0 Å². The van der Waals surface area contributed by atoms with E-state index < -0.39 is 0 Å². The molecule has 0 aliphatic rings. The SMILES string of the molecule is O=C(CBr)Cn1cnnc1. The summed E-state index contributed by atoms with van der Waals surface area (Å²) >= 11 is 3.06. The average molecular weight is 204 g/mol. The minimum Gasteiger partial charge on any atom is -0.313 e. The van der Waals surface area contributed by atoms with E-state index in [4.69, 9.17) is 0 Å². The van der Waals surface area contributed by atoms with Crippen molar-refractivity contribution in [2.75, 3.05) is 5.33 Å². The van der Waals surface area contributed by atoms with Crippen LogP contribution < -0.4 is 0 Å². The van der Waals surface area contributed by atoms with Crippen LogP contribution in [0.3, 0.4) is 0 Å². The molecule has 10 heavy (non-hydrogen) atoms. The molecule has 54 valence electrons. The lowest BCUT2D eigenvalue weighted by molar-refractivity contribution is -0.117. The molecule has 1 rings (SSSR count). The number of hydrogen-bond acceptors (Lipinski definition) is 3. The summed E-state index contributed by atoms with van der Waals surface area (Å²) < 4.78 is 1.63. The molecule has 1 heterocycles. The largest absolute Gasteiger partial charge is 0.313 e. The molecule has 0 saturated heterocycles. The van der Waals surface area contributed by atoms with Crippen LogP contribution in [0.25, 0.3) is 0 Å². The molecule has 0 N–H and O–H groups in total. The number of aromatic nitrogens is 3. The normalized spacial score (nSPS) is 9.70. The maximum Gasteiger partial charge on any atom is 0.163 e. The van der Waals surface area contributed by atoms with Gasteiger partial charge in [0, 0.05) is 0 Å². The predicted octanol–water partition coefficient (Wildman–Crippen LogP) is 0.242. The molecular weight excluding hydrogens is 198 g/mol. The lowest BCUT2D eigenvalue weighted by atomic mass is 10.4. The first kappa shape index (κ1) is 7.40. The van der Waals surface area contributed by atoms with Gasteiger partial charge in [-0.15, -0.1) is 10.2 Å². The fraction of sp³-hybridized carbons (Fsp3) is 0.400. The van der Waals surface area contributed by atoms with E-state index in [1.807, 2.05) is 0 Å². The van der Waals surface area contributed by atoms with Crippen LogP contribution in [-0.2, 0) is 11.3 Å². The highest BCUT2D eigenvalue weighted by Gasteiger charge is 1.98. The maximum absolute atomic E-state index is 10.8. The summed E-state index contributed by atoms with van der Waals surface area (Å²) in [6, 6.07) is 0. The zero-order chi connectivity index (χ0) is 7.40. The molecule has 5 heteroatoms. The average Bonchev–Trinajstić information content (AvgIpc) is 2.40. The minimum atomic E-state index is 0.111. The molecule has 0 atom stereocenters. The van der Waals surface area contributed by atoms with Crippen molar-refractivity contribution < 1.29 is 4.79 Å². The van der Waals surface area contributed by atoms with Crippen molar-refractivity contribution in [2.24, 2.45) is 0 Å². The van der Waals surface area contributed by atoms with E-state index in [0.29, 0.717) is 11.9 Å². The van der Waals surface area contributed by atoms with Gasteiger partial charge in [-0.05, 0) is 0 Å². The third-order valence-corrected chi connectivity index (χ3v) is 1.60. The Balaban J connectivity index is 2.48. The second-order valence-corrected chi connectivity index (χ2v) is 2.37. The molecule has 0 spiro atoms. The lowest BCUT2D eigenvalue weighted by Crippen LogP contribution is -2.08. The molecule has 0 saturated carbocycles. The Hall–Kier alpha value is -0.710. The molecule has 0 fully saturated rings. The number of Topliss-reactive ketones (excluding diaryl/α,β-unsaturated/α-hetero) is 1. The zero-order valence-electron chi connectivity index (χ0n) is 5.20. The van der Waals surface area contributed by atoms with Crippen LogP contribution in [0.2, 0.25) is 0 Å². The van der Waals surface area contributed by atoms with E-state index in [-0.39, 0.29) is 5.78 Å². The van der Waals surface area contributed by atoms with Gasteiger partial charge in [-0.25, -0.2) is 0 Å². The van der Waals surface area contributed by atoms with Gasteiger partial charge in [0.05, 0.1) is 11.9 Å². The van der Waals surface area contributed by atoms with Crippen molar-refractivity contribution in [3.63, 3.8) is 0 Å². The summed E-state index contributed by atoms with van der Waals surface area (Å²) in [5.74, 6) is 0.111. The Morgan fingerprint density at radius 2 is 2.10 bits per heavy atom. The topological polar surface area (TPSA) is 47.8 Å². The molecule has 0 bridgehead atoms. The van der Waals surface area contributed by atoms with Crippen LogP contribution in [0.5, 0.6) is 0 Å². The highest BCUT2D eigenvalue weighted by atomic mass is 79.9.